The first-order chi connectivity index (χ1) is 11.1. The van der Waals surface area contributed by atoms with Gasteiger partial charge in [-0.25, -0.2) is 0 Å². The zero-order valence-corrected chi connectivity index (χ0v) is 19.8. The minimum atomic E-state index is 0.559. The zero-order valence-electron chi connectivity index (χ0n) is 16.6. The van der Waals surface area contributed by atoms with Gasteiger partial charge in [-0.1, -0.05) is 52.4 Å². The van der Waals surface area contributed by atoms with Crippen molar-refractivity contribution in [2.75, 3.05) is 0 Å². The molecule has 139 valence electrons. The van der Waals surface area contributed by atoms with E-state index in [-0.39, 0.29) is 0 Å². The molecule has 1 nitrogen and oxygen atoms in total. The van der Waals surface area contributed by atoms with E-state index in [0.717, 1.165) is 32.7 Å². The van der Waals surface area contributed by atoms with Crippen LogP contribution in [-0.2, 0) is 20.9 Å². The number of hydrogen-bond donors (Lipinski definition) is 0. The molecule has 2 saturated carbocycles. The van der Waals surface area contributed by atoms with Crippen LogP contribution in [0.25, 0.3) is 0 Å². The molecular formula is C21H42NTa-3. The Balaban J connectivity index is 0. The average Bonchev–Trinajstić information content (AvgIpc) is 2.65. The van der Waals surface area contributed by atoms with Crippen molar-refractivity contribution in [3.63, 3.8) is 0 Å². The van der Waals surface area contributed by atoms with Gasteiger partial charge in [0.25, 0.3) is 0 Å². The normalized spacial score (nSPS) is 18.5. The average molecular weight is 490 g/mol. The van der Waals surface area contributed by atoms with Crippen molar-refractivity contribution in [3.05, 3.63) is 19.8 Å². The summed E-state index contributed by atoms with van der Waals surface area (Å²) in [5, 5.41) is 0. The molecule has 0 aromatic heterocycles. The Morgan fingerprint density at radius 3 is 1.26 bits per heavy atom. The monoisotopic (exact) mass is 489 g/mol. The molecule has 0 bridgehead atoms. The standard InChI is InChI=1S/2C8H15.C3H7N.C2H5.Ta/c2*1-2-8-6-4-3-5-7-8;1-3(2)4;1-2;/h2*3,8H,2,4-7H2,1H3;3H,1-2H3;1H2,2H3;/q2*-1;;-1;. The largest absolute Gasteiger partial charge is 0.346 e. The second kappa shape index (κ2) is 20.6. The summed E-state index contributed by atoms with van der Waals surface area (Å²) in [7, 11) is 0. The van der Waals surface area contributed by atoms with Crippen LogP contribution in [-0.4, -0.2) is 6.04 Å². The molecule has 2 rings (SSSR count). The minimum Gasteiger partial charge on any atom is -0.346 e. The van der Waals surface area contributed by atoms with Crippen LogP contribution in [0.1, 0.15) is 98.8 Å². The molecule has 2 aliphatic rings. The number of nitrogens with zero attached hydrogens (tertiary/aromatic N) is 1. The Bertz CT molecular complexity index is 198. The fourth-order valence-corrected chi connectivity index (χ4v) is 2.81. The predicted octanol–water partition coefficient (Wildman–Crippen LogP) is 7.55. The Labute approximate surface area is 160 Å². The van der Waals surface area contributed by atoms with Crippen molar-refractivity contribution in [1.82, 2.24) is 0 Å². The summed E-state index contributed by atoms with van der Waals surface area (Å²) in [6.45, 7) is 13.8. The molecule has 0 unspecified atom stereocenters. The van der Waals surface area contributed by atoms with E-state index in [1.165, 1.54) is 64.2 Å². The molecule has 2 fully saturated rings. The molecule has 0 saturated heterocycles. The maximum Gasteiger partial charge on any atom is -0.0465 e. The van der Waals surface area contributed by atoms with Gasteiger partial charge in [-0.05, 0) is 11.8 Å². The summed E-state index contributed by atoms with van der Waals surface area (Å²) in [5.74, 6) is 2.11. The molecule has 0 aromatic rings. The molecule has 0 aromatic carbocycles. The number of rotatable bonds is 3. The Hall–Kier alpha value is 0.540. The molecule has 0 N–H and O–H groups in total. The first kappa shape index (κ1) is 25.8. The van der Waals surface area contributed by atoms with Gasteiger partial charge in [0.05, 0.1) is 0 Å². The molecule has 0 amide bonds. The van der Waals surface area contributed by atoms with Crippen LogP contribution in [0.15, 0.2) is 3.34 Å². The summed E-state index contributed by atoms with van der Waals surface area (Å²) in [5.41, 5.74) is 0. The Morgan fingerprint density at radius 1 is 0.870 bits per heavy atom. The molecular weight excluding hydrogens is 447 g/mol. The van der Waals surface area contributed by atoms with Crippen LogP contribution in [0.4, 0.5) is 0 Å². The molecule has 0 heterocycles. The van der Waals surface area contributed by atoms with Crippen LogP contribution in [0, 0.1) is 31.6 Å². The topological polar surface area (TPSA) is 12.4 Å². The van der Waals surface area contributed by atoms with Gasteiger partial charge in [0.1, 0.15) is 0 Å². The summed E-state index contributed by atoms with van der Waals surface area (Å²) in [4.78, 5) is 0. The van der Waals surface area contributed by atoms with Gasteiger partial charge in [-0.3, -0.25) is 0 Å². The molecule has 0 radical (unpaired) electrons. The van der Waals surface area contributed by atoms with Crippen LogP contribution < -0.4 is 0 Å². The van der Waals surface area contributed by atoms with E-state index in [9.17, 15) is 0 Å². The van der Waals surface area contributed by atoms with Crippen LogP contribution in [0.3, 0.4) is 0 Å². The van der Waals surface area contributed by atoms with Gasteiger partial charge in [0, 0.05) is 0 Å². The first-order valence-corrected chi connectivity index (χ1v) is 11.3. The molecule has 0 atom stereocenters. The van der Waals surface area contributed by atoms with Crippen molar-refractivity contribution in [3.8, 4) is 0 Å². The SMILES string of the molecule is CC(C)[N]=[Ta].CCC1CC[CH-]CC1.CCC1CC[CH-]CC1.[CH2-]C. The second-order valence-electron chi connectivity index (χ2n) is 6.64. The minimum absolute atomic E-state index is 0.559. The summed E-state index contributed by atoms with van der Waals surface area (Å²) >= 11 is 1.16. The zero-order chi connectivity index (χ0) is 17.9. The van der Waals surface area contributed by atoms with Gasteiger partial charge in [-0.15, -0.1) is 0 Å². The van der Waals surface area contributed by atoms with E-state index in [4.69, 9.17) is 0 Å². The van der Waals surface area contributed by atoms with Gasteiger partial charge < -0.3 is 19.8 Å². The van der Waals surface area contributed by atoms with Crippen molar-refractivity contribution < 1.29 is 20.9 Å². The van der Waals surface area contributed by atoms with E-state index < -0.39 is 0 Å². The quantitative estimate of drug-likeness (QED) is 0.363. The van der Waals surface area contributed by atoms with Gasteiger partial charge in [0.15, 0.2) is 0 Å². The third kappa shape index (κ3) is 18.7. The third-order valence-electron chi connectivity index (χ3n) is 4.50. The second-order valence-corrected chi connectivity index (χ2v) is 7.47. The maximum atomic E-state index is 4.00. The van der Waals surface area contributed by atoms with E-state index in [1.54, 1.807) is 6.92 Å². The van der Waals surface area contributed by atoms with E-state index in [1.807, 2.05) is 0 Å². The molecule has 23 heavy (non-hydrogen) atoms. The van der Waals surface area contributed by atoms with Gasteiger partial charge >= 0.3 is 44.1 Å². The van der Waals surface area contributed by atoms with Gasteiger partial charge in [-0.2, -0.15) is 32.6 Å². The van der Waals surface area contributed by atoms with Gasteiger partial charge in [0.2, 0.25) is 0 Å². The summed E-state index contributed by atoms with van der Waals surface area (Å²) < 4.78 is 4.00. The van der Waals surface area contributed by atoms with Crippen LogP contribution >= 0.6 is 0 Å². The summed E-state index contributed by atoms with van der Waals surface area (Å²) in [6, 6.07) is 0.559. The van der Waals surface area contributed by atoms with E-state index in [2.05, 4.69) is 50.8 Å². The van der Waals surface area contributed by atoms with E-state index in [0.29, 0.717) is 6.04 Å². The van der Waals surface area contributed by atoms with Crippen LogP contribution in [0.2, 0.25) is 0 Å². The maximum absolute atomic E-state index is 4.00. The fourth-order valence-electron chi connectivity index (χ4n) is 2.81. The van der Waals surface area contributed by atoms with Crippen molar-refractivity contribution in [2.45, 2.75) is 105 Å². The molecule has 0 aliphatic heterocycles. The van der Waals surface area contributed by atoms with E-state index >= 15 is 0 Å². The fraction of sp³-hybridized carbons (Fsp3) is 0.857. The molecule has 0 spiro atoms. The van der Waals surface area contributed by atoms with Crippen LogP contribution in [0.5, 0.6) is 0 Å². The molecule has 2 aliphatic carbocycles. The summed E-state index contributed by atoms with van der Waals surface area (Å²) in [6.07, 6.45) is 19.0. The molecule has 2 heteroatoms. The number of hydrogen-bond acceptors (Lipinski definition) is 1. The van der Waals surface area contributed by atoms with Crippen molar-refractivity contribution >= 4 is 0 Å². The Morgan fingerprint density at radius 2 is 1.13 bits per heavy atom. The Kier molecular flexibility index (Phi) is 23.1. The third-order valence-corrected chi connectivity index (χ3v) is 6.16. The first-order valence-electron chi connectivity index (χ1n) is 9.82. The van der Waals surface area contributed by atoms with Crippen molar-refractivity contribution in [2.24, 2.45) is 15.2 Å². The predicted molar refractivity (Wildman–Crippen MR) is 102 cm³/mol. The van der Waals surface area contributed by atoms with Crippen molar-refractivity contribution in [1.29, 1.82) is 0 Å². The smallest absolute Gasteiger partial charge is 0.0465 e.